The Morgan fingerprint density at radius 3 is 2.62 bits per heavy atom. The number of benzene rings is 2. The molecule has 0 bridgehead atoms. The lowest BCUT2D eigenvalue weighted by molar-refractivity contribution is -0.137. The number of hydrogen-bond donors (Lipinski definition) is 2. The molecule has 0 saturated heterocycles. The van der Waals surface area contributed by atoms with Crippen LogP contribution in [-0.4, -0.2) is 26.1 Å². The van der Waals surface area contributed by atoms with Gasteiger partial charge in [-0.2, -0.15) is 17.9 Å². The minimum Gasteiger partial charge on any atom is -0.375 e. The largest absolute Gasteiger partial charge is 0.416 e. The Balaban J connectivity index is 1.52. The van der Waals surface area contributed by atoms with Gasteiger partial charge in [-0.05, 0) is 58.8 Å². The zero-order valence-electron chi connectivity index (χ0n) is 14.8. The van der Waals surface area contributed by atoms with Crippen molar-refractivity contribution < 1.29 is 22.4 Å². The lowest BCUT2D eigenvalue weighted by Crippen LogP contribution is -2.19. The molecule has 3 aromatic rings. The van der Waals surface area contributed by atoms with Crippen LogP contribution in [-0.2, 0) is 23.9 Å². The third-order valence-electron chi connectivity index (χ3n) is 4.50. The molecular weight excluding hydrogens is 392 g/mol. The van der Waals surface area contributed by atoms with Crippen molar-refractivity contribution in [2.24, 2.45) is 0 Å². The van der Waals surface area contributed by atoms with Gasteiger partial charge >= 0.3 is 6.18 Å². The van der Waals surface area contributed by atoms with E-state index in [2.05, 4.69) is 26.2 Å². The SMILES string of the molecule is O=C1CCc2cc(NCc3nnnn3-c3ccc(C(F)(F)F)cc3)c(F)cc2N1. The molecule has 0 aliphatic carbocycles. The van der Waals surface area contributed by atoms with Gasteiger partial charge in [0.25, 0.3) is 0 Å². The van der Waals surface area contributed by atoms with Gasteiger partial charge in [-0.15, -0.1) is 5.10 Å². The topological polar surface area (TPSA) is 84.7 Å². The molecule has 11 heteroatoms. The molecule has 29 heavy (non-hydrogen) atoms. The van der Waals surface area contributed by atoms with E-state index >= 15 is 0 Å². The summed E-state index contributed by atoms with van der Waals surface area (Å²) >= 11 is 0. The fourth-order valence-electron chi connectivity index (χ4n) is 3.02. The van der Waals surface area contributed by atoms with Gasteiger partial charge in [0, 0.05) is 12.1 Å². The van der Waals surface area contributed by atoms with Gasteiger partial charge in [0.15, 0.2) is 5.82 Å². The van der Waals surface area contributed by atoms with Crippen LogP contribution in [0.1, 0.15) is 23.4 Å². The molecule has 2 heterocycles. The third-order valence-corrected chi connectivity index (χ3v) is 4.50. The number of nitrogens with one attached hydrogen (secondary N) is 2. The van der Waals surface area contributed by atoms with Crippen molar-refractivity contribution in [3.8, 4) is 5.69 Å². The fourth-order valence-corrected chi connectivity index (χ4v) is 3.02. The molecule has 1 aliphatic heterocycles. The number of hydrogen-bond acceptors (Lipinski definition) is 5. The van der Waals surface area contributed by atoms with Crippen LogP contribution >= 0.6 is 0 Å². The number of fused-ring (bicyclic) bond motifs is 1. The highest BCUT2D eigenvalue weighted by atomic mass is 19.4. The van der Waals surface area contributed by atoms with Crippen LogP contribution in [0, 0.1) is 5.82 Å². The number of carbonyl (C=O) groups excluding carboxylic acids is 1. The number of aryl methyl sites for hydroxylation is 1. The van der Waals surface area contributed by atoms with Gasteiger partial charge in [-0.3, -0.25) is 4.79 Å². The smallest absolute Gasteiger partial charge is 0.375 e. The molecule has 1 aromatic heterocycles. The van der Waals surface area contributed by atoms with Gasteiger partial charge in [0.05, 0.1) is 23.5 Å². The zero-order valence-corrected chi connectivity index (χ0v) is 14.8. The zero-order chi connectivity index (χ0) is 20.6. The number of nitrogens with zero attached hydrogens (tertiary/aromatic N) is 4. The minimum atomic E-state index is -4.44. The van der Waals surface area contributed by atoms with Gasteiger partial charge in [-0.1, -0.05) is 0 Å². The van der Waals surface area contributed by atoms with Gasteiger partial charge in [-0.25, -0.2) is 4.39 Å². The minimum absolute atomic E-state index is 0.0378. The number of rotatable bonds is 4. The van der Waals surface area contributed by atoms with E-state index in [1.807, 2.05) is 0 Å². The first-order valence-electron chi connectivity index (χ1n) is 8.62. The first kappa shape index (κ1) is 18.8. The van der Waals surface area contributed by atoms with E-state index in [1.54, 1.807) is 6.07 Å². The molecule has 4 rings (SSSR count). The molecule has 0 fully saturated rings. The Kier molecular flexibility index (Phi) is 4.65. The van der Waals surface area contributed by atoms with Crippen molar-refractivity contribution in [1.29, 1.82) is 0 Å². The van der Waals surface area contributed by atoms with Crippen molar-refractivity contribution in [2.45, 2.75) is 25.6 Å². The standard InChI is InChI=1S/C18H14F4N6O/c19-13-8-14-10(1-6-17(29)24-14)7-15(13)23-9-16-25-26-27-28(16)12-4-2-11(3-5-12)18(20,21)22/h2-5,7-8,23H,1,6,9H2,(H,24,29). The summed E-state index contributed by atoms with van der Waals surface area (Å²) in [7, 11) is 0. The average Bonchev–Trinajstić information content (AvgIpc) is 3.14. The van der Waals surface area contributed by atoms with Gasteiger partial charge < -0.3 is 10.6 Å². The molecule has 150 valence electrons. The summed E-state index contributed by atoms with van der Waals surface area (Å²) in [5, 5.41) is 16.7. The highest BCUT2D eigenvalue weighted by Crippen LogP contribution is 2.30. The van der Waals surface area contributed by atoms with Crippen LogP contribution < -0.4 is 10.6 Å². The van der Waals surface area contributed by atoms with Crippen LogP contribution in [0.3, 0.4) is 0 Å². The van der Waals surface area contributed by atoms with E-state index in [0.717, 1.165) is 17.7 Å². The first-order valence-corrected chi connectivity index (χ1v) is 8.62. The highest BCUT2D eigenvalue weighted by molar-refractivity contribution is 5.94. The number of halogens is 4. The predicted molar refractivity (Wildman–Crippen MR) is 94.8 cm³/mol. The number of tetrazole rings is 1. The molecule has 0 unspecified atom stereocenters. The second kappa shape index (κ2) is 7.15. The summed E-state index contributed by atoms with van der Waals surface area (Å²) in [5.41, 5.74) is 1.02. The lowest BCUT2D eigenvalue weighted by Gasteiger charge is -2.18. The second-order valence-corrected chi connectivity index (χ2v) is 6.44. The Bertz CT molecular complexity index is 1060. The van der Waals surface area contributed by atoms with E-state index in [4.69, 9.17) is 0 Å². The molecule has 1 amide bonds. The lowest BCUT2D eigenvalue weighted by atomic mass is 10.0. The van der Waals surface area contributed by atoms with Crippen LogP contribution in [0.2, 0.25) is 0 Å². The maximum atomic E-state index is 14.3. The van der Waals surface area contributed by atoms with E-state index in [1.165, 1.54) is 22.9 Å². The Morgan fingerprint density at radius 2 is 1.90 bits per heavy atom. The molecular formula is C18H14F4N6O. The normalized spacial score (nSPS) is 13.7. The van der Waals surface area contributed by atoms with E-state index in [-0.39, 0.29) is 24.0 Å². The molecule has 0 spiro atoms. The van der Waals surface area contributed by atoms with E-state index in [0.29, 0.717) is 24.2 Å². The maximum Gasteiger partial charge on any atom is 0.416 e. The van der Waals surface area contributed by atoms with Crippen molar-refractivity contribution in [1.82, 2.24) is 20.2 Å². The van der Waals surface area contributed by atoms with Crippen molar-refractivity contribution in [2.75, 3.05) is 10.6 Å². The average molecular weight is 406 g/mol. The van der Waals surface area contributed by atoms with Crippen LogP contribution in [0.25, 0.3) is 5.69 Å². The number of anilines is 2. The molecule has 0 atom stereocenters. The summed E-state index contributed by atoms with van der Waals surface area (Å²) < 4.78 is 53.7. The highest BCUT2D eigenvalue weighted by Gasteiger charge is 2.30. The first-order chi connectivity index (χ1) is 13.8. The van der Waals surface area contributed by atoms with Crippen LogP contribution in [0.5, 0.6) is 0 Å². The monoisotopic (exact) mass is 406 g/mol. The molecule has 2 N–H and O–H groups in total. The van der Waals surface area contributed by atoms with Crippen LogP contribution in [0.15, 0.2) is 36.4 Å². The summed E-state index contributed by atoms with van der Waals surface area (Å²) in [6, 6.07) is 7.23. The second-order valence-electron chi connectivity index (χ2n) is 6.44. The fraction of sp³-hybridized carbons (Fsp3) is 0.222. The van der Waals surface area contributed by atoms with Crippen molar-refractivity contribution in [3.63, 3.8) is 0 Å². The van der Waals surface area contributed by atoms with Crippen molar-refractivity contribution >= 4 is 17.3 Å². The quantitative estimate of drug-likeness (QED) is 0.650. The Hall–Kier alpha value is -3.50. The summed E-state index contributed by atoms with van der Waals surface area (Å²) in [6.45, 7) is 0.0378. The molecule has 2 aromatic carbocycles. The van der Waals surface area contributed by atoms with Crippen molar-refractivity contribution in [3.05, 3.63) is 59.2 Å². The summed E-state index contributed by atoms with van der Waals surface area (Å²) in [4.78, 5) is 11.4. The van der Waals surface area contributed by atoms with E-state index < -0.39 is 17.6 Å². The van der Waals surface area contributed by atoms with Gasteiger partial charge in [0.1, 0.15) is 5.82 Å². The van der Waals surface area contributed by atoms with E-state index in [9.17, 15) is 22.4 Å². The Labute approximate surface area is 161 Å². The molecule has 0 radical (unpaired) electrons. The number of carbonyl (C=O) groups is 1. The molecule has 7 nitrogen and oxygen atoms in total. The van der Waals surface area contributed by atoms with Gasteiger partial charge in [0.2, 0.25) is 5.91 Å². The number of alkyl halides is 3. The number of aromatic nitrogens is 4. The number of amides is 1. The summed E-state index contributed by atoms with van der Waals surface area (Å²) in [5.74, 6) is -0.428. The maximum absolute atomic E-state index is 14.3. The predicted octanol–water partition coefficient (Wildman–Crippen LogP) is 3.32. The van der Waals surface area contributed by atoms with Crippen LogP contribution in [0.4, 0.5) is 28.9 Å². The molecule has 1 aliphatic rings. The summed E-state index contributed by atoms with van der Waals surface area (Å²) in [6.07, 6.45) is -3.61. The third kappa shape index (κ3) is 3.89. The Morgan fingerprint density at radius 1 is 1.14 bits per heavy atom. The molecule has 0 saturated carbocycles.